The van der Waals surface area contributed by atoms with E-state index in [2.05, 4.69) is 21.2 Å². The Morgan fingerprint density at radius 3 is 2.73 bits per heavy atom. The Bertz CT molecular complexity index is 1530. The predicted molar refractivity (Wildman–Crippen MR) is 143 cm³/mol. The summed E-state index contributed by atoms with van der Waals surface area (Å²) in [6, 6.07) is 6.24. The lowest BCUT2D eigenvalue weighted by atomic mass is 10.1. The maximum absolute atomic E-state index is 16.1. The van der Waals surface area contributed by atoms with Crippen molar-refractivity contribution < 1.29 is 18.0 Å². The van der Waals surface area contributed by atoms with E-state index in [1.54, 1.807) is 41.3 Å². The maximum atomic E-state index is 16.1. The summed E-state index contributed by atoms with van der Waals surface area (Å²) in [5, 5.41) is 5.84. The van der Waals surface area contributed by atoms with Crippen LogP contribution in [0.4, 0.5) is 20.5 Å². The van der Waals surface area contributed by atoms with Crippen LogP contribution in [0.15, 0.2) is 40.7 Å². The van der Waals surface area contributed by atoms with Gasteiger partial charge in [0.05, 0.1) is 10.8 Å². The fourth-order valence-corrected chi connectivity index (χ4v) is 5.91. The van der Waals surface area contributed by atoms with E-state index in [0.29, 0.717) is 43.3 Å². The first-order valence-electron chi connectivity index (χ1n) is 12.2. The van der Waals surface area contributed by atoms with Crippen molar-refractivity contribution in [2.45, 2.75) is 19.4 Å². The number of nitrogens with zero attached hydrogens (tertiary/aromatic N) is 5. The monoisotopic (exact) mass is 524 g/mol. The second-order valence-electron chi connectivity index (χ2n) is 9.33. The van der Waals surface area contributed by atoms with Gasteiger partial charge in [-0.05, 0) is 30.0 Å². The highest BCUT2D eigenvalue weighted by Crippen LogP contribution is 2.39. The van der Waals surface area contributed by atoms with Gasteiger partial charge in [-0.3, -0.25) is 4.79 Å². The van der Waals surface area contributed by atoms with Crippen LogP contribution in [0.1, 0.15) is 13.3 Å². The molecule has 4 aromatic rings. The summed E-state index contributed by atoms with van der Waals surface area (Å²) < 4.78 is 38.9. The number of furan rings is 1. The first kappa shape index (κ1) is 23.9. The van der Waals surface area contributed by atoms with Crippen LogP contribution < -0.4 is 10.2 Å². The van der Waals surface area contributed by atoms with Gasteiger partial charge in [0.15, 0.2) is 5.82 Å². The summed E-state index contributed by atoms with van der Waals surface area (Å²) in [6.45, 7) is 9.17. The summed E-state index contributed by atoms with van der Waals surface area (Å²) in [6.07, 6.45) is 0.883. The van der Waals surface area contributed by atoms with Gasteiger partial charge in [0.2, 0.25) is 11.9 Å². The van der Waals surface area contributed by atoms with Crippen molar-refractivity contribution >= 4 is 62.5 Å². The third-order valence-corrected chi connectivity index (χ3v) is 7.83. The molecular weight excluding hydrogens is 498 g/mol. The molecule has 0 bridgehead atoms. The molecule has 1 unspecified atom stereocenters. The molecule has 0 radical (unpaired) electrons. The molecule has 2 aliphatic rings. The molecule has 2 saturated heterocycles. The number of nitrogens with one attached hydrogen (secondary N) is 1. The minimum atomic E-state index is -0.638. The van der Waals surface area contributed by atoms with Gasteiger partial charge in [0.25, 0.3) is 0 Å². The number of anilines is 2. The molecule has 2 aliphatic heterocycles. The van der Waals surface area contributed by atoms with Crippen molar-refractivity contribution in [3.8, 4) is 0 Å². The SMILES string of the molecule is C=CSN1CCC(Nc2nc(N3CCN(C(C)=O)CC3)c3cc4oc5cccc(F)c5c4c(F)c3n2)C1. The van der Waals surface area contributed by atoms with Gasteiger partial charge in [0, 0.05) is 57.6 Å². The average Bonchev–Trinajstić information content (AvgIpc) is 3.49. The second-order valence-corrected chi connectivity index (χ2v) is 10.4. The van der Waals surface area contributed by atoms with Crippen molar-refractivity contribution in [1.82, 2.24) is 19.2 Å². The van der Waals surface area contributed by atoms with Gasteiger partial charge in [-0.1, -0.05) is 24.6 Å². The van der Waals surface area contributed by atoms with Crippen molar-refractivity contribution in [1.29, 1.82) is 0 Å². The number of carbonyl (C=O) groups is 1. The number of hydrogen-bond acceptors (Lipinski definition) is 8. The van der Waals surface area contributed by atoms with Crippen LogP contribution in [0.2, 0.25) is 0 Å². The molecule has 6 rings (SSSR count). The number of piperazine rings is 1. The highest BCUT2D eigenvalue weighted by molar-refractivity contribution is 7.99. The number of hydrogen-bond donors (Lipinski definition) is 1. The molecule has 37 heavy (non-hydrogen) atoms. The highest BCUT2D eigenvalue weighted by atomic mass is 32.2. The van der Waals surface area contributed by atoms with E-state index in [4.69, 9.17) is 9.40 Å². The number of carbonyl (C=O) groups excluding carboxylic acids is 1. The molecule has 192 valence electrons. The molecule has 11 heteroatoms. The minimum Gasteiger partial charge on any atom is -0.456 e. The summed E-state index contributed by atoms with van der Waals surface area (Å²) in [4.78, 5) is 25.1. The van der Waals surface area contributed by atoms with Crippen LogP contribution >= 0.6 is 11.9 Å². The van der Waals surface area contributed by atoms with Crippen LogP contribution in [-0.4, -0.2) is 70.4 Å². The number of fused-ring (bicyclic) bond motifs is 4. The smallest absolute Gasteiger partial charge is 0.225 e. The van der Waals surface area contributed by atoms with Gasteiger partial charge in [-0.15, -0.1) is 0 Å². The Labute approximate surface area is 216 Å². The quantitative estimate of drug-likeness (QED) is 0.375. The first-order chi connectivity index (χ1) is 17.9. The second kappa shape index (κ2) is 9.46. The minimum absolute atomic E-state index is 0.0230. The molecule has 1 amide bonds. The molecule has 0 saturated carbocycles. The molecule has 2 aromatic heterocycles. The van der Waals surface area contributed by atoms with E-state index in [0.717, 1.165) is 19.5 Å². The normalized spacial score (nSPS) is 18.8. The molecule has 1 N–H and O–H groups in total. The van der Waals surface area contributed by atoms with E-state index in [9.17, 15) is 9.18 Å². The molecule has 0 aliphatic carbocycles. The van der Waals surface area contributed by atoms with Crippen molar-refractivity contribution in [3.05, 3.63) is 47.9 Å². The molecule has 2 fully saturated rings. The topological polar surface area (TPSA) is 77.7 Å². The van der Waals surface area contributed by atoms with E-state index in [-0.39, 0.29) is 39.4 Å². The van der Waals surface area contributed by atoms with Crippen LogP contribution in [0.5, 0.6) is 0 Å². The van der Waals surface area contributed by atoms with Gasteiger partial charge in [0.1, 0.15) is 28.3 Å². The molecule has 8 nitrogen and oxygen atoms in total. The lowest BCUT2D eigenvalue weighted by Crippen LogP contribution is -2.48. The molecular formula is C26H26F2N6O2S. The number of halogens is 2. The number of rotatable bonds is 5. The van der Waals surface area contributed by atoms with Gasteiger partial charge in [-0.25, -0.2) is 18.1 Å². The largest absolute Gasteiger partial charge is 0.456 e. The summed E-state index contributed by atoms with van der Waals surface area (Å²) in [5.74, 6) is -0.282. The van der Waals surface area contributed by atoms with Crippen LogP contribution in [-0.2, 0) is 4.79 Å². The Balaban J connectivity index is 1.48. The van der Waals surface area contributed by atoms with Crippen molar-refractivity contribution in [2.24, 2.45) is 0 Å². The Morgan fingerprint density at radius 2 is 1.97 bits per heavy atom. The fraction of sp³-hybridized carbons (Fsp3) is 0.346. The highest BCUT2D eigenvalue weighted by Gasteiger charge is 2.28. The van der Waals surface area contributed by atoms with Crippen molar-refractivity contribution in [3.63, 3.8) is 0 Å². The fourth-order valence-electron chi connectivity index (χ4n) is 5.22. The zero-order valence-corrected chi connectivity index (χ0v) is 21.2. The van der Waals surface area contributed by atoms with Crippen molar-refractivity contribution in [2.75, 3.05) is 49.5 Å². The molecule has 0 spiro atoms. The number of aromatic nitrogens is 2. The Hall–Kier alpha value is -3.44. The average molecular weight is 525 g/mol. The maximum Gasteiger partial charge on any atom is 0.225 e. The molecule has 1 atom stereocenters. The summed E-state index contributed by atoms with van der Waals surface area (Å²) >= 11 is 1.56. The summed E-state index contributed by atoms with van der Waals surface area (Å²) in [7, 11) is 0. The predicted octanol–water partition coefficient (Wildman–Crippen LogP) is 4.75. The van der Waals surface area contributed by atoms with E-state index in [1.165, 1.54) is 12.1 Å². The van der Waals surface area contributed by atoms with Crippen LogP contribution in [0.25, 0.3) is 32.8 Å². The third kappa shape index (κ3) is 4.25. The Kier molecular flexibility index (Phi) is 6.12. The van der Waals surface area contributed by atoms with Gasteiger partial charge < -0.3 is 19.5 Å². The molecule has 2 aromatic carbocycles. The zero-order valence-electron chi connectivity index (χ0n) is 20.3. The Morgan fingerprint density at radius 1 is 1.16 bits per heavy atom. The zero-order chi connectivity index (χ0) is 25.7. The number of benzene rings is 2. The lowest BCUT2D eigenvalue weighted by Gasteiger charge is -2.35. The van der Waals surface area contributed by atoms with E-state index in [1.807, 2.05) is 4.90 Å². The van der Waals surface area contributed by atoms with Gasteiger partial charge in [-0.2, -0.15) is 4.98 Å². The van der Waals surface area contributed by atoms with Crippen LogP contribution in [0, 0.1) is 11.6 Å². The van der Waals surface area contributed by atoms with E-state index >= 15 is 4.39 Å². The summed E-state index contributed by atoms with van der Waals surface area (Å²) in [5.41, 5.74) is 0.624. The lowest BCUT2D eigenvalue weighted by molar-refractivity contribution is -0.129. The standard InChI is InChI=1S/C26H26F2N6O2S/c1-3-37-34-8-7-16(14-34)29-26-30-24-17(25(31-26)33-11-9-32(10-12-33)15(2)35)13-20-22(23(24)28)21-18(27)5-4-6-19(21)36-20/h3-6,13,16H,1,7-12,14H2,2H3,(H,29,30,31). The van der Waals surface area contributed by atoms with E-state index < -0.39 is 11.6 Å². The first-order valence-corrected chi connectivity index (χ1v) is 13.1. The van der Waals surface area contributed by atoms with Gasteiger partial charge >= 0.3 is 0 Å². The third-order valence-electron chi connectivity index (χ3n) is 7.05. The number of amides is 1. The van der Waals surface area contributed by atoms with Crippen LogP contribution in [0.3, 0.4) is 0 Å². The molecule has 4 heterocycles.